The van der Waals surface area contributed by atoms with E-state index >= 15 is 0 Å². The van der Waals surface area contributed by atoms with Crippen molar-refractivity contribution in [3.8, 4) is 11.1 Å². The van der Waals surface area contributed by atoms with Crippen LogP contribution in [-0.2, 0) is 5.41 Å². The standard InChI is InChI=1S/C51H37N/c1-51(2)49-33-42-28-35(17-16-34-10-4-3-5-11-34)18-19-40(42)32-48(49)47-26-22-41-31-45(25-27-46(41)50(47)51)52(43-23-20-36-12-6-8-14-38(36)29-43)44-24-21-37-13-7-9-15-39(37)30-44/h3-33H,1-2H3. The van der Waals surface area contributed by atoms with Crippen molar-refractivity contribution in [2.75, 3.05) is 4.90 Å². The lowest BCUT2D eigenvalue weighted by Gasteiger charge is -2.27. The summed E-state index contributed by atoms with van der Waals surface area (Å²) >= 11 is 0. The molecule has 0 aliphatic heterocycles. The summed E-state index contributed by atoms with van der Waals surface area (Å²) in [6.07, 6.45) is 4.40. The van der Waals surface area contributed by atoms with Gasteiger partial charge in [-0.2, -0.15) is 0 Å². The number of nitrogens with zero attached hydrogens (tertiary/aromatic N) is 1. The van der Waals surface area contributed by atoms with Gasteiger partial charge >= 0.3 is 0 Å². The monoisotopic (exact) mass is 663 g/mol. The predicted octanol–water partition coefficient (Wildman–Crippen LogP) is 14.2. The molecule has 1 aliphatic carbocycles. The van der Waals surface area contributed by atoms with E-state index in [1.165, 1.54) is 76.5 Å². The van der Waals surface area contributed by atoms with E-state index in [1.807, 2.05) is 0 Å². The minimum absolute atomic E-state index is 0.147. The number of anilines is 3. The Morgan fingerprint density at radius 3 is 1.62 bits per heavy atom. The molecule has 0 spiro atoms. The number of hydrogen-bond acceptors (Lipinski definition) is 1. The smallest absolute Gasteiger partial charge is 0.0468 e. The molecule has 9 aromatic rings. The highest BCUT2D eigenvalue weighted by Gasteiger charge is 2.37. The average Bonchev–Trinajstić information content (AvgIpc) is 3.41. The van der Waals surface area contributed by atoms with Gasteiger partial charge < -0.3 is 4.90 Å². The highest BCUT2D eigenvalue weighted by atomic mass is 15.1. The second-order valence-electron chi connectivity index (χ2n) is 14.7. The zero-order valence-corrected chi connectivity index (χ0v) is 29.3. The van der Waals surface area contributed by atoms with E-state index in [4.69, 9.17) is 0 Å². The zero-order chi connectivity index (χ0) is 34.8. The van der Waals surface area contributed by atoms with Crippen LogP contribution >= 0.6 is 0 Å². The van der Waals surface area contributed by atoms with Gasteiger partial charge in [-0.15, -0.1) is 0 Å². The van der Waals surface area contributed by atoms with Crippen LogP contribution in [0.1, 0.15) is 36.1 Å². The maximum absolute atomic E-state index is 2.44. The van der Waals surface area contributed by atoms with E-state index in [1.54, 1.807) is 0 Å². The number of hydrogen-bond donors (Lipinski definition) is 0. The van der Waals surface area contributed by atoms with Crippen molar-refractivity contribution >= 4 is 72.3 Å². The van der Waals surface area contributed by atoms with Crippen LogP contribution in [0.15, 0.2) is 176 Å². The third-order valence-corrected chi connectivity index (χ3v) is 11.1. The molecule has 0 N–H and O–H groups in total. The summed E-state index contributed by atoms with van der Waals surface area (Å²) in [6.45, 7) is 4.79. The third kappa shape index (κ3) is 5.00. The van der Waals surface area contributed by atoms with Gasteiger partial charge in [0.1, 0.15) is 0 Å². The largest absolute Gasteiger partial charge is 0.310 e. The van der Waals surface area contributed by atoms with Crippen LogP contribution in [0.4, 0.5) is 17.1 Å². The highest BCUT2D eigenvalue weighted by Crippen LogP contribution is 2.53. The molecule has 1 aliphatic rings. The molecule has 0 unspecified atom stereocenters. The van der Waals surface area contributed by atoms with E-state index in [9.17, 15) is 0 Å². The second-order valence-corrected chi connectivity index (χ2v) is 14.7. The summed E-state index contributed by atoms with van der Waals surface area (Å²) in [5, 5.41) is 10.1. The van der Waals surface area contributed by atoms with Crippen LogP contribution in [0.5, 0.6) is 0 Å². The molecule has 0 fully saturated rings. The van der Waals surface area contributed by atoms with Crippen molar-refractivity contribution in [1.82, 2.24) is 0 Å². The lowest BCUT2D eigenvalue weighted by molar-refractivity contribution is 0.667. The summed E-state index contributed by atoms with van der Waals surface area (Å²) in [4.78, 5) is 2.40. The first-order chi connectivity index (χ1) is 25.5. The fourth-order valence-corrected chi connectivity index (χ4v) is 8.48. The predicted molar refractivity (Wildman–Crippen MR) is 224 cm³/mol. The Labute approximate surface area is 304 Å². The quantitative estimate of drug-likeness (QED) is 0.166. The molecule has 1 nitrogen and oxygen atoms in total. The maximum atomic E-state index is 2.44. The van der Waals surface area contributed by atoms with Crippen molar-refractivity contribution in [2.45, 2.75) is 19.3 Å². The summed E-state index contributed by atoms with van der Waals surface area (Å²) in [6, 6.07) is 64.7. The second kappa shape index (κ2) is 11.8. The normalized spacial score (nSPS) is 13.3. The summed E-state index contributed by atoms with van der Waals surface area (Å²) in [5.41, 5.74) is 11.2. The molecule has 1 heteroatoms. The van der Waals surface area contributed by atoms with Crippen LogP contribution in [0, 0.1) is 0 Å². The van der Waals surface area contributed by atoms with Crippen LogP contribution in [-0.4, -0.2) is 0 Å². The van der Waals surface area contributed by atoms with Crippen molar-refractivity contribution in [3.63, 3.8) is 0 Å². The van der Waals surface area contributed by atoms with Gasteiger partial charge in [0.25, 0.3) is 0 Å². The first-order valence-electron chi connectivity index (χ1n) is 18.2. The lowest BCUT2D eigenvalue weighted by Crippen LogP contribution is -2.15. The van der Waals surface area contributed by atoms with Gasteiger partial charge in [-0.25, -0.2) is 0 Å². The van der Waals surface area contributed by atoms with E-state index in [0.717, 1.165) is 17.1 Å². The van der Waals surface area contributed by atoms with Crippen molar-refractivity contribution in [1.29, 1.82) is 0 Å². The molecule has 0 radical (unpaired) electrons. The molecule has 0 atom stereocenters. The van der Waals surface area contributed by atoms with E-state index in [0.29, 0.717) is 0 Å². The molecule has 0 amide bonds. The third-order valence-electron chi connectivity index (χ3n) is 11.1. The number of rotatable bonds is 5. The molecule has 10 rings (SSSR count). The molecule has 9 aromatic carbocycles. The highest BCUT2D eigenvalue weighted by molar-refractivity contribution is 6.03. The van der Waals surface area contributed by atoms with E-state index < -0.39 is 0 Å². The van der Waals surface area contributed by atoms with Crippen molar-refractivity contribution in [2.24, 2.45) is 0 Å². The van der Waals surface area contributed by atoms with Gasteiger partial charge in [0.2, 0.25) is 0 Å². The van der Waals surface area contributed by atoms with Crippen molar-refractivity contribution in [3.05, 3.63) is 198 Å². The zero-order valence-electron chi connectivity index (χ0n) is 29.3. The Bertz CT molecular complexity index is 2800. The number of benzene rings is 9. The van der Waals surface area contributed by atoms with Gasteiger partial charge in [-0.1, -0.05) is 147 Å². The first kappa shape index (κ1) is 30.4. The fraction of sp³-hybridized carbons (Fsp3) is 0.0588. The molecular formula is C51H37N. The molecule has 0 saturated heterocycles. The van der Waals surface area contributed by atoms with Crippen LogP contribution in [0.3, 0.4) is 0 Å². The Hall–Kier alpha value is -6.44. The van der Waals surface area contributed by atoms with Crippen LogP contribution < -0.4 is 4.90 Å². The van der Waals surface area contributed by atoms with E-state index in [2.05, 4.69) is 207 Å². The van der Waals surface area contributed by atoms with Gasteiger partial charge in [0, 0.05) is 22.5 Å². The van der Waals surface area contributed by atoms with E-state index in [-0.39, 0.29) is 5.41 Å². The van der Waals surface area contributed by atoms with Gasteiger partial charge in [0.05, 0.1) is 0 Å². The Balaban J connectivity index is 1.08. The molecule has 52 heavy (non-hydrogen) atoms. The summed E-state index contributed by atoms with van der Waals surface area (Å²) < 4.78 is 0. The summed E-state index contributed by atoms with van der Waals surface area (Å²) in [5.74, 6) is 0. The van der Waals surface area contributed by atoms with Gasteiger partial charge in [0.15, 0.2) is 0 Å². The van der Waals surface area contributed by atoms with Gasteiger partial charge in [-0.05, 0) is 131 Å². The van der Waals surface area contributed by atoms with Crippen LogP contribution in [0.25, 0.3) is 66.4 Å². The lowest BCUT2D eigenvalue weighted by atomic mass is 9.79. The minimum Gasteiger partial charge on any atom is -0.310 e. The number of fused-ring (bicyclic) bond motifs is 8. The molecular weight excluding hydrogens is 627 g/mol. The molecule has 0 aromatic heterocycles. The maximum Gasteiger partial charge on any atom is 0.0468 e. The topological polar surface area (TPSA) is 3.24 Å². The Morgan fingerprint density at radius 2 is 0.923 bits per heavy atom. The average molecular weight is 664 g/mol. The van der Waals surface area contributed by atoms with Gasteiger partial charge in [-0.3, -0.25) is 0 Å². The molecule has 0 heterocycles. The molecule has 246 valence electrons. The first-order valence-corrected chi connectivity index (χ1v) is 18.2. The molecule has 0 bridgehead atoms. The SMILES string of the molecule is CC1(C)c2cc3cc(C=Cc4ccccc4)ccc3cc2-c2ccc3cc(N(c4ccc5ccccc5c4)c4ccc5ccccc5c4)ccc3c21. The fourth-order valence-electron chi connectivity index (χ4n) is 8.48. The molecule has 0 saturated carbocycles. The Morgan fingerprint density at radius 1 is 0.385 bits per heavy atom. The van der Waals surface area contributed by atoms with Crippen LogP contribution in [0.2, 0.25) is 0 Å². The summed E-state index contributed by atoms with van der Waals surface area (Å²) in [7, 11) is 0. The minimum atomic E-state index is -0.147. The van der Waals surface area contributed by atoms with Crippen molar-refractivity contribution < 1.29 is 0 Å². The Kier molecular flexibility index (Phi) is 6.91.